The number of aromatic nitrogens is 3. The summed E-state index contributed by atoms with van der Waals surface area (Å²) in [5.74, 6) is 1.71. The number of carbonyl (C=O) groups excluding carboxylic acids is 1. The lowest BCUT2D eigenvalue weighted by Crippen LogP contribution is -2.43. The van der Waals surface area contributed by atoms with E-state index in [9.17, 15) is 9.59 Å². The number of para-hydroxylation sites is 1. The number of benzene rings is 1. The van der Waals surface area contributed by atoms with Crippen LogP contribution in [0, 0.1) is 5.92 Å². The van der Waals surface area contributed by atoms with Crippen molar-refractivity contribution in [2.24, 2.45) is 10.9 Å². The van der Waals surface area contributed by atoms with Crippen LogP contribution in [0.5, 0.6) is 0 Å². The van der Waals surface area contributed by atoms with Crippen molar-refractivity contribution < 1.29 is 4.79 Å². The van der Waals surface area contributed by atoms with Crippen LogP contribution >= 0.6 is 0 Å². The fourth-order valence-corrected chi connectivity index (χ4v) is 4.53. The van der Waals surface area contributed by atoms with Crippen molar-refractivity contribution >= 4 is 17.7 Å². The molecular weight excluding hydrogens is 356 g/mol. The third-order valence-corrected chi connectivity index (χ3v) is 6.04. The molecule has 8 heteroatoms. The second-order valence-corrected chi connectivity index (χ2v) is 7.89. The van der Waals surface area contributed by atoms with E-state index in [4.69, 9.17) is 0 Å². The van der Waals surface area contributed by atoms with Crippen molar-refractivity contribution in [3.63, 3.8) is 0 Å². The minimum absolute atomic E-state index is 0.0649. The topological polar surface area (TPSA) is 84.5 Å². The van der Waals surface area contributed by atoms with Crippen LogP contribution in [0.2, 0.25) is 0 Å². The average Bonchev–Trinajstić information content (AvgIpc) is 3.30. The van der Waals surface area contributed by atoms with Crippen LogP contribution in [0.1, 0.15) is 38.2 Å². The fourth-order valence-electron chi connectivity index (χ4n) is 4.53. The van der Waals surface area contributed by atoms with Crippen molar-refractivity contribution in [1.29, 1.82) is 0 Å². The number of carbonyl (C=O) groups is 1. The van der Waals surface area contributed by atoms with Crippen LogP contribution in [0.25, 0.3) is 5.69 Å². The zero-order valence-electron chi connectivity index (χ0n) is 16.0. The minimum atomic E-state index is -0.291. The van der Waals surface area contributed by atoms with E-state index in [1.807, 2.05) is 29.2 Å². The van der Waals surface area contributed by atoms with Gasteiger partial charge in [-0.2, -0.15) is 0 Å². The van der Waals surface area contributed by atoms with E-state index in [1.54, 1.807) is 4.57 Å². The molecule has 2 aliphatic heterocycles. The molecule has 2 atom stereocenters. The molecule has 0 bridgehead atoms. The van der Waals surface area contributed by atoms with E-state index in [0.29, 0.717) is 25.0 Å². The molecule has 1 aromatic heterocycles. The average molecular weight is 380 g/mol. The lowest BCUT2D eigenvalue weighted by Gasteiger charge is -2.29. The Labute approximate surface area is 162 Å². The molecule has 1 aromatic carbocycles. The maximum absolute atomic E-state index is 13.1. The van der Waals surface area contributed by atoms with Gasteiger partial charge in [-0.3, -0.25) is 14.7 Å². The minimum Gasteiger partial charge on any atom is -0.351 e. The number of rotatable bonds is 3. The number of aliphatic imine (C=N–C) groups is 1. The smallest absolute Gasteiger partial charge is 0.351 e. The van der Waals surface area contributed by atoms with Crippen molar-refractivity contribution in [1.82, 2.24) is 19.7 Å². The molecule has 1 N–H and O–H groups in total. The predicted octanol–water partition coefficient (Wildman–Crippen LogP) is 1.31. The third-order valence-electron chi connectivity index (χ3n) is 6.04. The summed E-state index contributed by atoms with van der Waals surface area (Å²) in [4.78, 5) is 32.2. The Morgan fingerprint density at radius 2 is 2.07 bits per heavy atom. The van der Waals surface area contributed by atoms with E-state index in [2.05, 4.69) is 22.3 Å². The summed E-state index contributed by atoms with van der Waals surface area (Å²) >= 11 is 0. The van der Waals surface area contributed by atoms with E-state index < -0.39 is 0 Å². The fraction of sp³-hybridized carbons (Fsp3) is 0.500. The number of hydrogen-bond acceptors (Lipinski definition) is 5. The van der Waals surface area contributed by atoms with Gasteiger partial charge >= 0.3 is 5.69 Å². The first kappa shape index (κ1) is 17.2. The number of nitrogens with one attached hydrogen (secondary N) is 1. The summed E-state index contributed by atoms with van der Waals surface area (Å²) in [5, 5.41) is 7.60. The van der Waals surface area contributed by atoms with Gasteiger partial charge in [0.05, 0.1) is 12.2 Å². The number of hydrogen-bond donors (Lipinski definition) is 1. The summed E-state index contributed by atoms with van der Waals surface area (Å²) in [6, 6.07) is 7.89. The summed E-state index contributed by atoms with van der Waals surface area (Å²) in [6.45, 7) is 3.47. The Hall–Kier alpha value is -2.90. The zero-order chi connectivity index (χ0) is 19.3. The molecule has 28 heavy (non-hydrogen) atoms. The van der Waals surface area contributed by atoms with Crippen molar-refractivity contribution in [3.8, 4) is 5.69 Å². The monoisotopic (exact) mass is 380 g/mol. The van der Waals surface area contributed by atoms with E-state index >= 15 is 0 Å². The lowest BCUT2D eigenvalue weighted by atomic mass is 9.86. The predicted molar refractivity (Wildman–Crippen MR) is 106 cm³/mol. The Balaban J connectivity index is 1.45. The van der Waals surface area contributed by atoms with E-state index in [-0.39, 0.29) is 24.2 Å². The van der Waals surface area contributed by atoms with Gasteiger partial charge in [-0.25, -0.2) is 14.0 Å². The highest BCUT2D eigenvalue weighted by Gasteiger charge is 2.34. The highest BCUT2D eigenvalue weighted by molar-refractivity contribution is 6.14. The van der Waals surface area contributed by atoms with Crippen molar-refractivity contribution in [2.75, 3.05) is 18.0 Å². The molecule has 2 aromatic rings. The first-order chi connectivity index (χ1) is 13.6. The Kier molecular flexibility index (Phi) is 4.07. The van der Waals surface area contributed by atoms with Crippen molar-refractivity contribution in [2.45, 2.75) is 45.2 Å². The van der Waals surface area contributed by atoms with Crippen LogP contribution < -0.4 is 15.9 Å². The summed E-state index contributed by atoms with van der Waals surface area (Å²) in [6.07, 6.45) is 4.50. The summed E-state index contributed by atoms with van der Waals surface area (Å²) in [7, 11) is 0. The Morgan fingerprint density at radius 1 is 1.25 bits per heavy atom. The number of fused-ring (bicyclic) bond motifs is 6. The van der Waals surface area contributed by atoms with Crippen molar-refractivity contribution in [3.05, 3.63) is 40.3 Å². The van der Waals surface area contributed by atoms with Gasteiger partial charge in [0.2, 0.25) is 11.9 Å². The second-order valence-electron chi connectivity index (χ2n) is 7.89. The van der Waals surface area contributed by atoms with Crippen LogP contribution in [-0.4, -0.2) is 45.2 Å². The van der Waals surface area contributed by atoms with Crippen LogP contribution in [0.3, 0.4) is 0 Å². The Bertz CT molecular complexity index is 1020. The number of nitrogens with zero attached hydrogens (tertiary/aromatic N) is 5. The zero-order valence-corrected chi connectivity index (χ0v) is 16.0. The summed E-state index contributed by atoms with van der Waals surface area (Å²) < 4.78 is 2.87. The van der Waals surface area contributed by atoms with Crippen LogP contribution in [0.15, 0.2) is 34.1 Å². The van der Waals surface area contributed by atoms with Gasteiger partial charge in [0, 0.05) is 18.2 Å². The molecule has 1 fully saturated rings. The third kappa shape index (κ3) is 2.66. The maximum Gasteiger partial charge on any atom is 0.352 e. The van der Waals surface area contributed by atoms with Gasteiger partial charge < -0.3 is 5.32 Å². The normalized spacial score (nSPS) is 22.9. The lowest BCUT2D eigenvalue weighted by molar-refractivity contribution is -0.123. The standard InChI is InChI=1S/C20H24N6O2/c1-13-6-2-4-8-15(13)22-17(27)12-25-20(28)26-16-9-5-3-7-14(16)18-21-10-11-24(18)19(26)23-25/h3,5,7,9,13,15H,2,4,6,8,10-12H2,1H3,(H,22,27)/t13-,15-/m1/s1. The number of amides is 1. The molecule has 5 rings (SSSR count). The Morgan fingerprint density at radius 3 is 2.93 bits per heavy atom. The van der Waals surface area contributed by atoms with E-state index in [0.717, 1.165) is 36.3 Å². The number of amidine groups is 1. The molecule has 8 nitrogen and oxygen atoms in total. The van der Waals surface area contributed by atoms with E-state index in [1.165, 1.54) is 11.1 Å². The van der Waals surface area contributed by atoms with Gasteiger partial charge in [-0.15, -0.1) is 5.10 Å². The van der Waals surface area contributed by atoms with Crippen LogP contribution in [-0.2, 0) is 11.3 Å². The number of anilines is 1. The molecule has 1 aliphatic carbocycles. The van der Waals surface area contributed by atoms with Gasteiger partial charge in [-0.05, 0) is 30.9 Å². The van der Waals surface area contributed by atoms with Crippen LogP contribution in [0.4, 0.5) is 5.95 Å². The first-order valence-electron chi connectivity index (χ1n) is 10.0. The largest absolute Gasteiger partial charge is 0.352 e. The quantitative estimate of drug-likeness (QED) is 0.870. The molecule has 146 valence electrons. The molecule has 1 saturated carbocycles. The highest BCUT2D eigenvalue weighted by Crippen LogP contribution is 2.29. The second kappa shape index (κ2) is 6.61. The first-order valence-corrected chi connectivity index (χ1v) is 10.0. The summed E-state index contributed by atoms with van der Waals surface area (Å²) in [5.41, 5.74) is 1.40. The molecule has 3 aliphatic rings. The molecule has 3 heterocycles. The molecule has 0 radical (unpaired) electrons. The van der Waals surface area contributed by atoms with Gasteiger partial charge in [0.1, 0.15) is 12.4 Å². The molecule has 1 amide bonds. The van der Waals surface area contributed by atoms with Gasteiger partial charge in [0.15, 0.2) is 0 Å². The maximum atomic E-state index is 13.1. The van der Waals surface area contributed by atoms with Gasteiger partial charge in [-0.1, -0.05) is 31.9 Å². The SMILES string of the molecule is C[C@@H]1CCCC[C@H]1NC(=O)Cn1nc2n(c1=O)-c1ccccc1C1=NCCN12. The van der Waals surface area contributed by atoms with Gasteiger partial charge in [0.25, 0.3) is 0 Å². The molecule has 0 unspecified atom stereocenters. The molecular formula is C20H24N6O2. The molecule has 0 saturated heterocycles. The highest BCUT2D eigenvalue weighted by atomic mass is 16.2. The molecule has 0 spiro atoms.